The summed E-state index contributed by atoms with van der Waals surface area (Å²) in [7, 11) is 0. The number of likely N-dealkylation sites (tertiary alicyclic amines) is 1. The molecule has 1 heterocycles. The van der Waals surface area contributed by atoms with Gasteiger partial charge in [-0.2, -0.15) is 0 Å². The normalized spacial score (nSPS) is 28.3. The van der Waals surface area contributed by atoms with Crippen molar-refractivity contribution >= 4 is 11.9 Å². The molecule has 0 saturated carbocycles. The van der Waals surface area contributed by atoms with Gasteiger partial charge in [-0.05, 0) is 51.2 Å². The van der Waals surface area contributed by atoms with Crippen molar-refractivity contribution in [2.75, 3.05) is 6.54 Å². The zero-order chi connectivity index (χ0) is 15.7. The first-order valence-electron chi connectivity index (χ1n) is 8.70. The largest absolute Gasteiger partial charge is 0.371 e. The molecule has 2 unspecified atom stereocenters. The average Bonchev–Trinajstić information content (AvgIpc) is 2.52. The van der Waals surface area contributed by atoms with Gasteiger partial charge in [-0.15, -0.1) is 0 Å². The minimum atomic E-state index is -0.366. The SMILES string of the molecule is CCCC1(C)C(=O)c2ccccc2C=C1N1CCCCC1C. The van der Waals surface area contributed by atoms with Crippen LogP contribution in [0.2, 0.25) is 0 Å². The van der Waals surface area contributed by atoms with E-state index in [0.29, 0.717) is 11.8 Å². The molecule has 118 valence electrons. The standard InChI is InChI=1S/C20H27NO/c1-4-12-20(3)18(21-13-8-7-9-15(21)2)14-16-10-5-6-11-17(16)19(20)22/h5-6,10-11,14-15H,4,7-9,12-13H2,1-3H3. The summed E-state index contributed by atoms with van der Waals surface area (Å²) in [6.07, 6.45) is 8.02. The number of benzene rings is 1. The zero-order valence-corrected chi connectivity index (χ0v) is 14.1. The van der Waals surface area contributed by atoms with Crippen molar-refractivity contribution in [2.45, 2.75) is 58.9 Å². The van der Waals surface area contributed by atoms with Crippen molar-refractivity contribution in [2.24, 2.45) is 5.41 Å². The van der Waals surface area contributed by atoms with Crippen molar-refractivity contribution in [1.29, 1.82) is 0 Å². The third-order valence-corrected chi connectivity index (χ3v) is 5.43. The van der Waals surface area contributed by atoms with Crippen molar-refractivity contribution in [3.63, 3.8) is 0 Å². The molecule has 0 bridgehead atoms. The Kier molecular flexibility index (Phi) is 4.12. The Morgan fingerprint density at radius 3 is 2.77 bits per heavy atom. The van der Waals surface area contributed by atoms with Crippen LogP contribution in [0.15, 0.2) is 30.0 Å². The lowest BCUT2D eigenvalue weighted by molar-refractivity contribution is 0.0761. The molecule has 3 rings (SSSR count). The lowest BCUT2D eigenvalue weighted by atomic mass is 9.70. The van der Waals surface area contributed by atoms with E-state index in [-0.39, 0.29) is 5.41 Å². The van der Waals surface area contributed by atoms with Gasteiger partial charge in [0.1, 0.15) is 0 Å². The van der Waals surface area contributed by atoms with Gasteiger partial charge in [0.15, 0.2) is 5.78 Å². The summed E-state index contributed by atoms with van der Waals surface area (Å²) in [5.41, 5.74) is 2.88. The lowest BCUT2D eigenvalue weighted by Gasteiger charge is -2.46. The van der Waals surface area contributed by atoms with Crippen molar-refractivity contribution in [3.05, 3.63) is 41.1 Å². The molecule has 0 radical (unpaired) electrons. The summed E-state index contributed by atoms with van der Waals surface area (Å²) in [5, 5.41) is 0. The van der Waals surface area contributed by atoms with E-state index in [9.17, 15) is 4.79 Å². The first kappa shape index (κ1) is 15.3. The number of carbonyl (C=O) groups excluding carboxylic acids is 1. The fraction of sp³-hybridized carbons (Fsp3) is 0.550. The number of piperidine rings is 1. The fourth-order valence-corrected chi connectivity index (χ4v) is 4.15. The Bertz CT molecular complexity index is 603. The van der Waals surface area contributed by atoms with Gasteiger partial charge in [0, 0.05) is 23.8 Å². The van der Waals surface area contributed by atoms with Gasteiger partial charge in [-0.25, -0.2) is 0 Å². The molecular weight excluding hydrogens is 270 g/mol. The van der Waals surface area contributed by atoms with Crippen LogP contribution in [-0.4, -0.2) is 23.3 Å². The maximum atomic E-state index is 13.2. The molecule has 1 saturated heterocycles. The Hall–Kier alpha value is -1.57. The Labute approximate surface area is 134 Å². The molecular formula is C20H27NO. The van der Waals surface area contributed by atoms with Gasteiger partial charge in [0.2, 0.25) is 0 Å². The third-order valence-electron chi connectivity index (χ3n) is 5.43. The molecule has 0 amide bonds. The Morgan fingerprint density at radius 2 is 2.05 bits per heavy atom. The molecule has 0 spiro atoms. The van der Waals surface area contributed by atoms with E-state index >= 15 is 0 Å². The summed E-state index contributed by atoms with van der Waals surface area (Å²) >= 11 is 0. The Morgan fingerprint density at radius 1 is 1.27 bits per heavy atom. The second-order valence-electron chi connectivity index (χ2n) is 7.07. The molecule has 1 aromatic carbocycles. The monoisotopic (exact) mass is 297 g/mol. The number of carbonyl (C=O) groups is 1. The Balaban J connectivity index is 2.11. The van der Waals surface area contributed by atoms with Crippen LogP contribution in [0.3, 0.4) is 0 Å². The summed E-state index contributed by atoms with van der Waals surface area (Å²) < 4.78 is 0. The highest BCUT2D eigenvalue weighted by Crippen LogP contribution is 2.44. The van der Waals surface area contributed by atoms with E-state index in [1.54, 1.807) is 0 Å². The third kappa shape index (κ3) is 2.39. The van der Waals surface area contributed by atoms with E-state index in [0.717, 1.165) is 30.5 Å². The maximum absolute atomic E-state index is 13.2. The molecule has 22 heavy (non-hydrogen) atoms. The second-order valence-corrected chi connectivity index (χ2v) is 7.07. The highest BCUT2D eigenvalue weighted by atomic mass is 16.1. The summed E-state index contributed by atoms with van der Waals surface area (Å²) in [4.78, 5) is 15.7. The van der Waals surface area contributed by atoms with E-state index < -0.39 is 0 Å². The van der Waals surface area contributed by atoms with Crippen LogP contribution < -0.4 is 0 Å². The first-order valence-corrected chi connectivity index (χ1v) is 8.70. The molecule has 2 nitrogen and oxygen atoms in total. The van der Waals surface area contributed by atoms with Gasteiger partial charge >= 0.3 is 0 Å². The number of Topliss-reactive ketones (excluding diaryl/α,β-unsaturated/α-hetero) is 1. The van der Waals surface area contributed by atoms with Gasteiger partial charge in [-0.1, -0.05) is 37.6 Å². The fourth-order valence-electron chi connectivity index (χ4n) is 4.15. The number of rotatable bonds is 3. The van der Waals surface area contributed by atoms with Gasteiger partial charge in [0.05, 0.1) is 5.41 Å². The van der Waals surface area contributed by atoms with Gasteiger partial charge in [-0.3, -0.25) is 4.79 Å². The first-order chi connectivity index (χ1) is 10.6. The topological polar surface area (TPSA) is 20.3 Å². The zero-order valence-electron chi connectivity index (χ0n) is 14.1. The molecule has 1 aromatic rings. The molecule has 2 atom stereocenters. The molecule has 0 aromatic heterocycles. The molecule has 1 aliphatic carbocycles. The number of ketones is 1. The van der Waals surface area contributed by atoms with Crippen LogP contribution in [0, 0.1) is 5.41 Å². The lowest BCUT2D eigenvalue weighted by Crippen LogP contribution is -2.46. The van der Waals surface area contributed by atoms with Crippen LogP contribution in [0.4, 0.5) is 0 Å². The van der Waals surface area contributed by atoms with E-state index in [1.807, 2.05) is 18.2 Å². The predicted octanol–water partition coefficient (Wildman–Crippen LogP) is 4.90. The van der Waals surface area contributed by atoms with Crippen molar-refractivity contribution < 1.29 is 4.79 Å². The average molecular weight is 297 g/mol. The minimum Gasteiger partial charge on any atom is -0.371 e. The number of fused-ring (bicyclic) bond motifs is 1. The van der Waals surface area contributed by atoms with Crippen LogP contribution in [0.1, 0.15) is 68.8 Å². The molecule has 2 aliphatic rings. The maximum Gasteiger partial charge on any atom is 0.175 e. The van der Waals surface area contributed by atoms with Crippen molar-refractivity contribution in [3.8, 4) is 0 Å². The highest BCUT2D eigenvalue weighted by molar-refractivity contribution is 6.07. The van der Waals surface area contributed by atoms with Crippen LogP contribution >= 0.6 is 0 Å². The molecule has 1 aliphatic heterocycles. The van der Waals surface area contributed by atoms with Crippen LogP contribution in [0.5, 0.6) is 0 Å². The van der Waals surface area contributed by atoms with E-state index in [4.69, 9.17) is 0 Å². The van der Waals surface area contributed by atoms with Crippen molar-refractivity contribution in [1.82, 2.24) is 4.90 Å². The quantitative estimate of drug-likeness (QED) is 0.790. The van der Waals surface area contributed by atoms with E-state index in [1.165, 1.54) is 25.0 Å². The highest BCUT2D eigenvalue weighted by Gasteiger charge is 2.43. The van der Waals surface area contributed by atoms with Gasteiger partial charge in [0.25, 0.3) is 0 Å². The van der Waals surface area contributed by atoms with Gasteiger partial charge < -0.3 is 4.90 Å². The number of nitrogens with zero attached hydrogens (tertiary/aromatic N) is 1. The van der Waals surface area contributed by atoms with E-state index in [2.05, 4.69) is 37.8 Å². The van der Waals surface area contributed by atoms with Crippen LogP contribution in [-0.2, 0) is 0 Å². The van der Waals surface area contributed by atoms with Crippen LogP contribution in [0.25, 0.3) is 6.08 Å². The summed E-state index contributed by atoms with van der Waals surface area (Å²) in [6, 6.07) is 8.61. The smallest absolute Gasteiger partial charge is 0.175 e. The molecule has 1 fully saturated rings. The minimum absolute atomic E-state index is 0.306. The molecule has 2 heteroatoms. The number of hydrogen-bond acceptors (Lipinski definition) is 2. The summed E-state index contributed by atoms with van der Waals surface area (Å²) in [5.74, 6) is 0.306. The molecule has 0 N–H and O–H groups in total. The predicted molar refractivity (Wildman–Crippen MR) is 91.8 cm³/mol. The number of allylic oxidation sites excluding steroid dienone is 1. The second kappa shape index (κ2) is 5.91. The number of hydrogen-bond donors (Lipinski definition) is 0. The summed E-state index contributed by atoms with van der Waals surface area (Å²) in [6.45, 7) is 7.72.